The third-order valence-corrected chi connectivity index (χ3v) is 4.39. The zero-order valence-corrected chi connectivity index (χ0v) is 14.7. The molecule has 1 amide bonds. The lowest BCUT2D eigenvalue weighted by molar-refractivity contribution is 0.0610. The Morgan fingerprint density at radius 3 is 2.38 bits per heavy atom. The lowest BCUT2D eigenvalue weighted by atomic mass is 9.92. The van der Waals surface area contributed by atoms with Crippen LogP contribution in [-0.2, 0) is 0 Å². The third kappa shape index (κ3) is 4.06. The van der Waals surface area contributed by atoms with Gasteiger partial charge in [-0.05, 0) is 30.5 Å². The van der Waals surface area contributed by atoms with Gasteiger partial charge in [0.2, 0.25) is 5.82 Å². The SMILES string of the molecule is CC(C)(C)CCN1CCN(C(=O)c2nnc3ccccc3n2)CC1. The number of piperazine rings is 1. The van der Waals surface area contributed by atoms with Crippen molar-refractivity contribution < 1.29 is 4.79 Å². The Kier molecular flexibility index (Phi) is 4.76. The van der Waals surface area contributed by atoms with E-state index in [-0.39, 0.29) is 11.7 Å². The maximum Gasteiger partial charge on any atom is 0.293 e. The molecule has 1 aromatic carbocycles. The fraction of sp³-hybridized carbons (Fsp3) is 0.556. The van der Waals surface area contributed by atoms with Crippen LogP contribution in [0.4, 0.5) is 0 Å². The first-order valence-corrected chi connectivity index (χ1v) is 8.53. The zero-order valence-electron chi connectivity index (χ0n) is 14.7. The molecule has 1 aliphatic rings. The second-order valence-corrected chi connectivity index (χ2v) is 7.57. The van der Waals surface area contributed by atoms with Crippen LogP contribution in [-0.4, -0.2) is 63.6 Å². The molecule has 6 heteroatoms. The van der Waals surface area contributed by atoms with Gasteiger partial charge in [-0.2, -0.15) is 0 Å². The van der Waals surface area contributed by atoms with Gasteiger partial charge in [0.25, 0.3) is 5.91 Å². The van der Waals surface area contributed by atoms with Crippen LogP contribution in [0.5, 0.6) is 0 Å². The molecule has 128 valence electrons. The van der Waals surface area contributed by atoms with E-state index in [1.807, 2.05) is 29.2 Å². The summed E-state index contributed by atoms with van der Waals surface area (Å²) in [6.45, 7) is 11.1. The predicted octanol–water partition coefficient (Wildman–Crippen LogP) is 2.22. The molecular formula is C18H25N5O. The lowest BCUT2D eigenvalue weighted by Gasteiger charge is -2.35. The van der Waals surface area contributed by atoms with Crippen LogP contribution in [0, 0.1) is 5.41 Å². The van der Waals surface area contributed by atoms with Crippen molar-refractivity contribution in [1.29, 1.82) is 0 Å². The topological polar surface area (TPSA) is 62.2 Å². The molecule has 2 aromatic rings. The van der Waals surface area contributed by atoms with Crippen LogP contribution >= 0.6 is 0 Å². The molecule has 0 atom stereocenters. The number of hydrogen-bond donors (Lipinski definition) is 0. The van der Waals surface area contributed by atoms with Crippen LogP contribution in [0.3, 0.4) is 0 Å². The van der Waals surface area contributed by atoms with Gasteiger partial charge in [-0.1, -0.05) is 32.9 Å². The highest BCUT2D eigenvalue weighted by molar-refractivity contribution is 5.92. The summed E-state index contributed by atoms with van der Waals surface area (Å²) in [7, 11) is 0. The summed E-state index contributed by atoms with van der Waals surface area (Å²) in [5.41, 5.74) is 1.76. The number of fused-ring (bicyclic) bond motifs is 1. The average Bonchev–Trinajstić information content (AvgIpc) is 2.59. The normalized spacial score (nSPS) is 16.5. The smallest absolute Gasteiger partial charge is 0.293 e. The highest BCUT2D eigenvalue weighted by Gasteiger charge is 2.25. The molecule has 0 unspecified atom stereocenters. The summed E-state index contributed by atoms with van der Waals surface area (Å²) >= 11 is 0. The second kappa shape index (κ2) is 6.81. The van der Waals surface area contributed by atoms with Gasteiger partial charge in [-0.3, -0.25) is 9.69 Å². The summed E-state index contributed by atoms with van der Waals surface area (Å²) in [6, 6.07) is 7.47. The van der Waals surface area contributed by atoms with Crippen molar-refractivity contribution in [3.8, 4) is 0 Å². The number of aromatic nitrogens is 3. The maximum atomic E-state index is 12.6. The van der Waals surface area contributed by atoms with E-state index in [2.05, 4.69) is 40.9 Å². The number of rotatable bonds is 3. The van der Waals surface area contributed by atoms with Crippen molar-refractivity contribution in [1.82, 2.24) is 25.0 Å². The van der Waals surface area contributed by atoms with Crippen molar-refractivity contribution in [2.24, 2.45) is 5.41 Å². The van der Waals surface area contributed by atoms with Crippen molar-refractivity contribution in [3.05, 3.63) is 30.1 Å². The maximum absolute atomic E-state index is 12.6. The van der Waals surface area contributed by atoms with E-state index in [4.69, 9.17) is 0 Å². The summed E-state index contributed by atoms with van der Waals surface area (Å²) < 4.78 is 0. The minimum atomic E-state index is -0.122. The van der Waals surface area contributed by atoms with E-state index in [1.54, 1.807) is 0 Å². The molecule has 0 spiro atoms. The summed E-state index contributed by atoms with van der Waals surface area (Å²) in [4.78, 5) is 21.2. The summed E-state index contributed by atoms with van der Waals surface area (Å²) in [5.74, 6) is 0.0700. The van der Waals surface area contributed by atoms with Gasteiger partial charge >= 0.3 is 0 Å². The Balaban J connectivity index is 1.60. The predicted molar refractivity (Wildman–Crippen MR) is 93.7 cm³/mol. The first kappa shape index (κ1) is 16.8. The van der Waals surface area contributed by atoms with Crippen molar-refractivity contribution in [2.75, 3.05) is 32.7 Å². The standard InChI is InChI=1S/C18H25N5O/c1-18(2,3)8-9-22-10-12-23(13-11-22)17(24)16-19-14-6-4-5-7-15(14)20-21-16/h4-7H,8-13H2,1-3H3. The van der Waals surface area contributed by atoms with E-state index in [1.165, 1.54) is 6.42 Å². The average molecular weight is 327 g/mol. The van der Waals surface area contributed by atoms with Crippen molar-refractivity contribution in [3.63, 3.8) is 0 Å². The molecule has 0 radical (unpaired) electrons. The number of nitrogens with zero attached hydrogens (tertiary/aromatic N) is 5. The third-order valence-electron chi connectivity index (χ3n) is 4.39. The molecule has 24 heavy (non-hydrogen) atoms. The van der Waals surface area contributed by atoms with Gasteiger partial charge in [0.05, 0.1) is 5.52 Å². The molecule has 0 bridgehead atoms. The van der Waals surface area contributed by atoms with Gasteiger partial charge in [-0.25, -0.2) is 4.98 Å². The van der Waals surface area contributed by atoms with Gasteiger partial charge < -0.3 is 4.90 Å². The van der Waals surface area contributed by atoms with Gasteiger partial charge in [0.15, 0.2) is 0 Å². The Bertz CT molecular complexity index is 717. The van der Waals surface area contributed by atoms with Crippen molar-refractivity contribution >= 4 is 16.9 Å². The first-order valence-electron chi connectivity index (χ1n) is 8.53. The molecule has 1 fully saturated rings. The molecule has 2 heterocycles. The fourth-order valence-corrected chi connectivity index (χ4v) is 2.78. The number of amides is 1. The molecule has 3 rings (SSSR count). The first-order chi connectivity index (χ1) is 11.4. The molecule has 1 aliphatic heterocycles. The van der Waals surface area contributed by atoms with Crippen LogP contribution in [0.15, 0.2) is 24.3 Å². The van der Waals surface area contributed by atoms with E-state index >= 15 is 0 Å². The Morgan fingerprint density at radius 2 is 1.71 bits per heavy atom. The fourth-order valence-electron chi connectivity index (χ4n) is 2.78. The minimum absolute atomic E-state index is 0.122. The minimum Gasteiger partial charge on any atom is -0.333 e. The molecule has 0 aliphatic carbocycles. The largest absolute Gasteiger partial charge is 0.333 e. The Hall–Kier alpha value is -2.08. The van der Waals surface area contributed by atoms with E-state index in [9.17, 15) is 4.79 Å². The Labute approximate surface area is 142 Å². The van der Waals surface area contributed by atoms with E-state index in [0.717, 1.165) is 32.7 Å². The number of carbonyl (C=O) groups is 1. The van der Waals surface area contributed by atoms with Gasteiger partial charge in [0, 0.05) is 26.2 Å². The van der Waals surface area contributed by atoms with Crippen molar-refractivity contribution in [2.45, 2.75) is 27.2 Å². The van der Waals surface area contributed by atoms with Gasteiger partial charge in [-0.15, -0.1) is 10.2 Å². The summed E-state index contributed by atoms with van der Waals surface area (Å²) in [6.07, 6.45) is 1.17. The number of para-hydroxylation sites is 1. The molecule has 6 nitrogen and oxygen atoms in total. The lowest BCUT2D eigenvalue weighted by Crippen LogP contribution is -2.49. The van der Waals surface area contributed by atoms with E-state index in [0.29, 0.717) is 16.4 Å². The van der Waals surface area contributed by atoms with Crippen LogP contribution in [0.1, 0.15) is 37.8 Å². The molecule has 1 aromatic heterocycles. The monoisotopic (exact) mass is 327 g/mol. The number of hydrogen-bond acceptors (Lipinski definition) is 5. The highest BCUT2D eigenvalue weighted by Crippen LogP contribution is 2.19. The molecular weight excluding hydrogens is 302 g/mol. The summed E-state index contributed by atoms with van der Waals surface area (Å²) in [5, 5.41) is 8.10. The Morgan fingerprint density at radius 1 is 1.04 bits per heavy atom. The molecule has 0 N–H and O–H groups in total. The second-order valence-electron chi connectivity index (χ2n) is 7.57. The molecule has 0 saturated carbocycles. The van der Waals surface area contributed by atoms with E-state index < -0.39 is 0 Å². The quantitative estimate of drug-likeness (QED) is 0.865. The molecule has 1 saturated heterocycles. The number of carbonyl (C=O) groups excluding carboxylic acids is 1. The van der Waals surface area contributed by atoms with Crippen LogP contribution < -0.4 is 0 Å². The van der Waals surface area contributed by atoms with Crippen LogP contribution in [0.25, 0.3) is 11.0 Å². The number of benzene rings is 1. The zero-order chi connectivity index (χ0) is 17.2. The van der Waals surface area contributed by atoms with Gasteiger partial charge in [0.1, 0.15) is 5.52 Å². The van der Waals surface area contributed by atoms with Crippen LogP contribution in [0.2, 0.25) is 0 Å². The highest BCUT2D eigenvalue weighted by atomic mass is 16.2.